The fourth-order valence-corrected chi connectivity index (χ4v) is 2.57. The lowest BCUT2D eigenvalue weighted by atomic mass is 10.1. The number of aryl methyl sites for hydroxylation is 1. The molecule has 124 valence electrons. The Morgan fingerprint density at radius 3 is 2.78 bits per heavy atom. The number of hydrogen-bond donors (Lipinski definition) is 2. The first kappa shape index (κ1) is 17.8. The molecule has 3 nitrogen and oxygen atoms in total. The first-order valence-corrected chi connectivity index (χ1v) is 8.35. The van der Waals surface area contributed by atoms with E-state index in [4.69, 9.17) is 21.4 Å². The Morgan fingerprint density at radius 1 is 1.13 bits per heavy atom. The van der Waals surface area contributed by atoms with Crippen LogP contribution in [0.5, 0.6) is 5.75 Å². The van der Waals surface area contributed by atoms with Crippen molar-refractivity contribution in [1.82, 2.24) is 5.32 Å². The SMILES string of the molecule is Cc1cccc(COc2ccc(Cl)cc2CNCCCCO)c1. The number of aliphatic hydroxyl groups excluding tert-OH is 1. The topological polar surface area (TPSA) is 41.5 Å². The summed E-state index contributed by atoms with van der Waals surface area (Å²) >= 11 is 6.10. The Labute approximate surface area is 143 Å². The largest absolute Gasteiger partial charge is 0.489 e. The van der Waals surface area contributed by atoms with E-state index in [1.807, 2.05) is 24.3 Å². The highest BCUT2D eigenvalue weighted by Gasteiger charge is 2.05. The number of hydrogen-bond acceptors (Lipinski definition) is 3. The van der Waals surface area contributed by atoms with E-state index in [0.717, 1.165) is 36.3 Å². The Morgan fingerprint density at radius 2 is 2.00 bits per heavy atom. The monoisotopic (exact) mass is 333 g/mol. The van der Waals surface area contributed by atoms with Crippen LogP contribution in [0.25, 0.3) is 0 Å². The van der Waals surface area contributed by atoms with Gasteiger partial charge in [0, 0.05) is 23.7 Å². The van der Waals surface area contributed by atoms with E-state index in [0.29, 0.717) is 18.2 Å². The van der Waals surface area contributed by atoms with Gasteiger partial charge in [-0.1, -0.05) is 41.4 Å². The highest BCUT2D eigenvalue weighted by molar-refractivity contribution is 6.30. The number of rotatable bonds is 9. The number of benzene rings is 2. The maximum Gasteiger partial charge on any atom is 0.124 e. The minimum absolute atomic E-state index is 0.240. The summed E-state index contributed by atoms with van der Waals surface area (Å²) in [6.45, 7) is 4.43. The zero-order valence-electron chi connectivity index (χ0n) is 13.5. The lowest BCUT2D eigenvalue weighted by molar-refractivity contribution is 0.283. The van der Waals surface area contributed by atoms with E-state index in [9.17, 15) is 0 Å². The van der Waals surface area contributed by atoms with E-state index < -0.39 is 0 Å². The van der Waals surface area contributed by atoms with Crippen molar-refractivity contribution in [3.63, 3.8) is 0 Å². The number of nitrogens with one attached hydrogen (secondary N) is 1. The summed E-state index contributed by atoms with van der Waals surface area (Å²) in [6.07, 6.45) is 1.77. The summed E-state index contributed by atoms with van der Waals surface area (Å²) in [6, 6.07) is 14.0. The molecule has 0 fully saturated rings. The van der Waals surface area contributed by atoms with Crippen LogP contribution in [0.3, 0.4) is 0 Å². The molecule has 0 unspecified atom stereocenters. The molecule has 0 atom stereocenters. The third kappa shape index (κ3) is 6.22. The summed E-state index contributed by atoms with van der Waals surface area (Å²) in [5, 5.41) is 12.9. The molecule has 0 aliphatic carbocycles. The van der Waals surface area contributed by atoms with Crippen molar-refractivity contribution >= 4 is 11.6 Å². The van der Waals surface area contributed by atoms with Crippen molar-refractivity contribution in [2.24, 2.45) is 0 Å². The van der Waals surface area contributed by atoms with Gasteiger partial charge in [-0.15, -0.1) is 0 Å². The molecule has 4 heteroatoms. The Kier molecular flexibility index (Phi) is 7.40. The number of halogens is 1. The molecule has 0 bridgehead atoms. The first-order valence-electron chi connectivity index (χ1n) is 7.97. The van der Waals surface area contributed by atoms with Crippen LogP contribution in [0.1, 0.15) is 29.5 Å². The van der Waals surface area contributed by atoms with Crippen LogP contribution in [0.15, 0.2) is 42.5 Å². The molecule has 0 saturated carbocycles. The van der Waals surface area contributed by atoms with Crippen LogP contribution in [0, 0.1) is 6.92 Å². The highest BCUT2D eigenvalue weighted by Crippen LogP contribution is 2.24. The van der Waals surface area contributed by atoms with Crippen molar-refractivity contribution in [3.05, 3.63) is 64.2 Å². The predicted octanol–water partition coefficient (Wildman–Crippen LogP) is 4.09. The molecular formula is C19H24ClNO2. The predicted molar refractivity (Wildman–Crippen MR) is 95.0 cm³/mol. The molecule has 0 saturated heterocycles. The second-order valence-corrected chi connectivity index (χ2v) is 6.07. The van der Waals surface area contributed by atoms with Gasteiger partial charge in [-0.2, -0.15) is 0 Å². The molecule has 0 radical (unpaired) electrons. The fourth-order valence-electron chi connectivity index (χ4n) is 2.37. The van der Waals surface area contributed by atoms with Crippen LogP contribution in [-0.4, -0.2) is 18.3 Å². The molecule has 0 aliphatic rings. The van der Waals surface area contributed by atoms with Gasteiger partial charge in [-0.05, 0) is 50.1 Å². The molecule has 0 aromatic heterocycles. The van der Waals surface area contributed by atoms with E-state index >= 15 is 0 Å². The fraction of sp³-hybridized carbons (Fsp3) is 0.368. The zero-order chi connectivity index (χ0) is 16.5. The maximum atomic E-state index is 8.80. The van der Waals surface area contributed by atoms with Crippen molar-refractivity contribution in [2.75, 3.05) is 13.2 Å². The molecule has 2 rings (SSSR count). The molecule has 0 spiro atoms. The highest BCUT2D eigenvalue weighted by atomic mass is 35.5. The zero-order valence-corrected chi connectivity index (χ0v) is 14.3. The van der Waals surface area contributed by atoms with Gasteiger partial charge in [0.05, 0.1) is 0 Å². The van der Waals surface area contributed by atoms with Gasteiger partial charge >= 0.3 is 0 Å². The first-order chi connectivity index (χ1) is 11.2. The second-order valence-electron chi connectivity index (χ2n) is 5.64. The van der Waals surface area contributed by atoms with Crippen molar-refractivity contribution < 1.29 is 9.84 Å². The summed E-state index contributed by atoms with van der Waals surface area (Å²) < 4.78 is 5.97. The van der Waals surface area contributed by atoms with Crippen molar-refractivity contribution in [2.45, 2.75) is 32.9 Å². The average Bonchev–Trinajstić information content (AvgIpc) is 2.54. The van der Waals surface area contributed by atoms with E-state index in [-0.39, 0.29) is 6.61 Å². The minimum Gasteiger partial charge on any atom is -0.489 e. The molecule has 2 aromatic carbocycles. The number of ether oxygens (including phenoxy) is 1. The third-order valence-electron chi connectivity index (χ3n) is 3.58. The smallest absolute Gasteiger partial charge is 0.124 e. The molecule has 0 amide bonds. The van der Waals surface area contributed by atoms with Gasteiger partial charge in [0.1, 0.15) is 12.4 Å². The molecule has 0 heterocycles. The summed E-state index contributed by atoms with van der Waals surface area (Å²) in [7, 11) is 0. The summed E-state index contributed by atoms with van der Waals surface area (Å²) in [5.41, 5.74) is 3.43. The average molecular weight is 334 g/mol. The lowest BCUT2D eigenvalue weighted by Crippen LogP contribution is -2.15. The van der Waals surface area contributed by atoms with Crippen LogP contribution in [0.4, 0.5) is 0 Å². The normalized spacial score (nSPS) is 10.7. The molecular weight excluding hydrogens is 310 g/mol. The molecule has 23 heavy (non-hydrogen) atoms. The quantitative estimate of drug-likeness (QED) is 0.679. The molecule has 2 N–H and O–H groups in total. The van der Waals surface area contributed by atoms with E-state index in [2.05, 4.69) is 30.4 Å². The molecule has 0 aliphatic heterocycles. The summed E-state index contributed by atoms with van der Waals surface area (Å²) in [4.78, 5) is 0. The van der Waals surface area contributed by atoms with Crippen LogP contribution >= 0.6 is 11.6 Å². The van der Waals surface area contributed by atoms with Crippen molar-refractivity contribution in [3.8, 4) is 5.75 Å². The van der Waals surface area contributed by atoms with E-state index in [1.165, 1.54) is 5.56 Å². The van der Waals surface area contributed by atoms with Gasteiger partial charge in [-0.25, -0.2) is 0 Å². The number of aliphatic hydroxyl groups is 1. The summed E-state index contributed by atoms with van der Waals surface area (Å²) in [5.74, 6) is 0.852. The van der Waals surface area contributed by atoms with Gasteiger partial charge < -0.3 is 15.2 Å². The molecule has 2 aromatic rings. The number of unbranched alkanes of at least 4 members (excludes halogenated alkanes) is 1. The maximum absolute atomic E-state index is 8.80. The van der Waals surface area contributed by atoms with Gasteiger partial charge in [0.15, 0.2) is 0 Å². The Bertz CT molecular complexity index is 616. The van der Waals surface area contributed by atoms with Gasteiger partial charge in [0.25, 0.3) is 0 Å². The third-order valence-corrected chi connectivity index (χ3v) is 3.81. The van der Waals surface area contributed by atoms with E-state index in [1.54, 1.807) is 0 Å². The van der Waals surface area contributed by atoms with Gasteiger partial charge in [-0.3, -0.25) is 0 Å². The lowest BCUT2D eigenvalue weighted by Gasteiger charge is -2.13. The van der Waals surface area contributed by atoms with Crippen LogP contribution < -0.4 is 10.1 Å². The van der Waals surface area contributed by atoms with Crippen LogP contribution in [-0.2, 0) is 13.2 Å². The Hall–Kier alpha value is -1.55. The standard InChI is InChI=1S/C19H24ClNO2/c1-15-5-4-6-16(11-15)14-23-19-8-7-18(20)12-17(19)13-21-9-2-3-10-22/h4-8,11-12,21-22H,2-3,9-10,13-14H2,1H3. The van der Waals surface area contributed by atoms with Gasteiger partial charge in [0.2, 0.25) is 0 Å². The Balaban J connectivity index is 1.94. The van der Waals surface area contributed by atoms with Crippen molar-refractivity contribution in [1.29, 1.82) is 0 Å². The van der Waals surface area contributed by atoms with Crippen LogP contribution in [0.2, 0.25) is 5.02 Å². The minimum atomic E-state index is 0.240. The second kappa shape index (κ2) is 9.56.